The van der Waals surface area contributed by atoms with Crippen LogP contribution in [0, 0.1) is 5.41 Å². The fourth-order valence-corrected chi connectivity index (χ4v) is 2.70. The molecule has 0 radical (unpaired) electrons. The van der Waals surface area contributed by atoms with Gasteiger partial charge in [-0.25, -0.2) is 0 Å². The molecule has 2 saturated heterocycles. The maximum atomic E-state index is 12.8. The summed E-state index contributed by atoms with van der Waals surface area (Å²) in [7, 11) is 0. The van der Waals surface area contributed by atoms with E-state index in [1.54, 1.807) is 4.90 Å². The van der Waals surface area contributed by atoms with Gasteiger partial charge in [0.2, 0.25) is 5.91 Å². The van der Waals surface area contributed by atoms with Gasteiger partial charge in [-0.05, 0) is 19.8 Å². The number of ether oxygens (including phenoxy) is 2. The summed E-state index contributed by atoms with van der Waals surface area (Å²) in [6.07, 6.45) is 0.900. The molecule has 1 amide bonds. The molecule has 0 aromatic heterocycles. The van der Waals surface area contributed by atoms with E-state index >= 15 is 0 Å². The predicted molar refractivity (Wildman–Crippen MR) is 67.9 cm³/mol. The third-order valence-electron chi connectivity index (χ3n) is 3.98. The van der Waals surface area contributed by atoms with Crippen LogP contribution >= 0.6 is 0 Å². The number of nitrogens with two attached hydrogens (primary N) is 1. The minimum Gasteiger partial charge on any atom is -0.409 e. The Labute approximate surface area is 112 Å². The molecule has 1 unspecified atom stereocenters. The van der Waals surface area contributed by atoms with Gasteiger partial charge in [0, 0.05) is 19.8 Å². The van der Waals surface area contributed by atoms with Gasteiger partial charge in [0.05, 0.1) is 19.3 Å². The zero-order chi connectivity index (χ0) is 13.9. The summed E-state index contributed by atoms with van der Waals surface area (Å²) in [4.78, 5) is 14.6. The van der Waals surface area contributed by atoms with Gasteiger partial charge < -0.3 is 25.3 Å². The number of morpholine rings is 1. The zero-order valence-electron chi connectivity index (χ0n) is 11.2. The van der Waals surface area contributed by atoms with Crippen molar-refractivity contribution in [1.29, 1.82) is 0 Å². The van der Waals surface area contributed by atoms with Crippen LogP contribution < -0.4 is 5.73 Å². The van der Waals surface area contributed by atoms with Gasteiger partial charge in [-0.3, -0.25) is 4.79 Å². The fourth-order valence-electron chi connectivity index (χ4n) is 2.70. The van der Waals surface area contributed by atoms with Gasteiger partial charge in [-0.15, -0.1) is 0 Å². The summed E-state index contributed by atoms with van der Waals surface area (Å²) in [5.74, 6) is -0.0959. The molecule has 2 aliphatic rings. The fraction of sp³-hybridized carbons (Fsp3) is 0.833. The lowest BCUT2D eigenvalue weighted by Gasteiger charge is -2.42. The molecule has 3 N–H and O–H groups in total. The van der Waals surface area contributed by atoms with Gasteiger partial charge >= 0.3 is 0 Å². The summed E-state index contributed by atoms with van der Waals surface area (Å²) in [6, 6.07) is 0.00691. The molecule has 19 heavy (non-hydrogen) atoms. The SMILES string of the molecule is CC1COCCN1C(=O)C1(C(N)=NO)CCOCC1. The Hall–Kier alpha value is -1.34. The van der Waals surface area contributed by atoms with E-state index in [2.05, 4.69) is 5.16 Å². The highest BCUT2D eigenvalue weighted by molar-refractivity contribution is 6.07. The summed E-state index contributed by atoms with van der Waals surface area (Å²) in [6.45, 7) is 4.42. The van der Waals surface area contributed by atoms with Crippen LogP contribution in [-0.4, -0.2) is 60.9 Å². The van der Waals surface area contributed by atoms with Gasteiger partial charge in [0.15, 0.2) is 5.84 Å². The summed E-state index contributed by atoms with van der Waals surface area (Å²) in [5.41, 5.74) is 4.87. The van der Waals surface area contributed by atoms with Crippen LogP contribution in [0.15, 0.2) is 5.16 Å². The summed E-state index contributed by atoms with van der Waals surface area (Å²) in [5, 5.41) is 12.1. The minimum absolute atomic E-state index is 0.00691. The molecule has 0 aliphatic carbocycles. The smallest absolute Gasteiger partial charge is 0.237 e. The molecule has 7 nitrogen and oxygen atoms in total. The molecule has 0 spiro atoms. The Morgan fingerprint density at radius 3 is 2.63 bits per heavy atom. The lowest BCUT2D eigenvalue weighted by Crippen LogP contribution is -2.58. The number of amides is 1. The van der Waals surface area contributed by atoms with Crippen molar-refractivity contribution >= 4 is 11.7 Å². The molecule has 108 valence electrons. The molecule has 0 saturated carbocycles. The van der Waals surface area contributed by atoms with E-state index in [0.717, 1.165) is 0 Å². The van der Waals surface area contributed by atoms with Crippen LogP contribution in [-0.2, 0) is 14.3 Å². The molecule has 0 bridgehead atoms. The normalized spacial score (nSPS) is 28.2. The summed E-state index contributed by atoms with van der Waals surface area (Å²) < 4.78 is 10.6. The second-order valence-corrected chi connectivity index (χ2v) is 5.10. The maximum absolute atomic E-state index is 12.8. The Balaban J connectivity index is 2.24. The average Bonchev–Trinajstić information content (AvgIpc) is 2.47. The Morgan fingerprint density at radius 2 is 2.05 bits per heavy atom. The van der Waals surface area contributed by atoms with Crippen molar-refractivity contribution in [3.63, 3.8) is 0 Å². The molecule has 2 rings (SSSR count). The summed E-state index contributed by atoms with van der Waals surface area (Å²) >= 11 is 0. The molecule has 1 atom stereocenters. The van der Waals surface area contributed by atoms with Crippen molar-refractivity contribution in [2.75, 3.05) is 33.0 Å². The highest BCUT2D eigenvalue weighted by Crippen LogP contribution is 2.34. The number of hydrogen-bond donors (Lipinski definition) is 2. The van der Waals surface area contributed by atoms with E-state index < -0.39 is 5.41 Å². The van der Waals surface area contributed by atoms with E-state index in [9.17, 15) is 4.79 Å². The maximum Gasteiger partial charge on any atom is 0.237 e. The van der Waals surface area contributed by atoms with Crippen LogP contribution in [0.5, 0.6) is 0 Å². The molecule has 7 heteroatoms. The Bertz CT molecular complexity index is 366. The zero-order valence-corrected chi connectivity index (χ0v) is 11.2. The molecular weight excluding hydrogens is 250 g/mol. The quantitative estimate of drug-likeness (QED) is 0.313. The number of nitrogens with zero attached hydrogens (tertiary/aromatic N) is 2. The van der Waals surface area contributed by atoms with Gasteiger partial charge in [-0.1, -0.05) is 5.16 Å². The van der Waals surface area contributed by atoms with Gasteiger partial charge in [0.1, 0.15) is 5.41 Å². The van der Waals surface area contributed by atoms with Crippen LogP contribution in [0.4, 0.5) is 0 Å². The van der Waals surface area contributed by atoms with E-state index in [1.165, 1.54) is 0 Å². The first kappa shape index (κ1) is 14.1. The predicted octanol–water partition coefficient (Wildman–Crippen LogP) is -0.223. The third-order valence-corrected chi connectivity index (χ3v) is 3.98. The largest absolute Gasteiger partial charge is 0.409 e. The molecule has 2 fully saturated rings. The molecule has 2 heterocycles. The first-order valence-electron chi connectivity index (χ1n) is 6.56. The molecule has 0 aromatic rings. The Kier molecular flexibility index (Phi) is 4.26. The first-order chi connectivity index (χ1) is 9.12. The highest BCUT2D eigenvalue weighted by Gasteiger charge is 2.47. The van der Waals surface area contributed by atoms with Crippen LogP contribution in [0.25, 0.3) is 0 Å². The number of rotatable bonds is 2. The van der Waals surface area contributed by atoms with Crippen molar-refractivity contribution in [3.05, 3.63) is 0 Å². The van der Waals surface area contributed by atoms with Crippen LogP contribution in [0.2, 0.25) is 0 Å². The van der Waals surface area contributed by atoms with E-state index in [-0.39, 0.29) is 17.8 Å². The number of carbonyl (C=O) groups excluding carboxylic acids is 1. The van der Waals surface area contributed by atoms with Crippen LogP contribution in [0.1, 0.15) is 19.8 Å². The van der Waals surface area contributed by atoms with E-state index in [0.29, 0.717) is 45.8 Å². The van der Waals surface area contributed by atoms with Crippen LogP contribution in [0.3, 0.4) is 0 Å². The lowest BCUT2D eigenvalue weighted by atomic mass is 9.77. The third kappa shape index (κ3) is 2.52. The van der Waals surface area contributed by atoms with Crippen molar-refractivity contribution < 1.29 is 19.5 Å². The molecule has 2 aliphatic heterocycles. The number of carbonyl (C=O) groups is 1. The van der Waals surface area contributed by atoms with Gasteiger partial charge in [0.25, 0.3) is 0 Å². The van der Waals surface area contributed by atoms with Crippen molar-refractivity contribution in [3.8, 4) is 0 Å². The molecular formula is C12H21N3O4. The second kappa shape index (κ2) is 5.75. The van der Waals surface area contributed by atoms with Crippen molar-refractivity contribution in [2.24, 2.45) is 16.3 Å². The minimum atomic E-state index is -0.932. The lowest BCUT2D eigenvalue weighted by molar-refractivity contribution is -0.150. The number of amidine groups is 1. The standard InChI is InChI=1S/C12H21N3O4/c1-9-8-19-7-4-15(9)11(16)12(10(13)14-17)2-5-18-6-3-12/h9,17H,2-8H2,1H3,(H2,13,14). The van der Waals surface area contributed by atoms with E-state index in [1.807, 2.05) is 6.92 Å². The van der Waals surface area contributed by atoms with Crippen molar-refractivity contribution in [1.82, 2.24) is 4.90 Å². The van der Waals surface area contributed by atoms with Crippen molar-refractivity contribution in [2.45, 2.75) is 25.8 Å². The van der Waals surface area contributed by atoms with E-state index in [4.69, 9.17) is 20.4 Å². The number of hydrogen-bond acceptors (Lipinski definition) is 5. The topological polar surface area (TPSA) is 97.4 Å². The van der Waals surface area contributed by atoms with Gasteiger partial charge in [-0.2, -0.15) is 0 Å². The average molecular weight is 271 g/mol. The Morgan fingerprint density at radius 1 is 1.37 bits per heavy atom. The second-order valence-electron chi connectivity index (χ2n) is 5.10. The highest BCUT2D eigenvalue weighted by atomic mass is 16.5. The number of oxime groups is 1. The monoisotopic (exact) mass is 271 g/mol. The molecule has 0 aromatic carbocycles. The first-order valence-corrected chi connectivity index (χ1v) is 6.56.